The van der Waals surface area contributed by atoms with Crippen LogP contribution in [0.25, 0.3) is 6.08 Å². The van der Waals surface area contributed by atoms with Gasteiger partial charge in [-0.05, 0) is 42.6 Å². The molecule has 0 saturated carbocycles. The maximum atomic E-state index is 13.2. The number of rotatable bonds is 6. The summed E-state index contributed by atoms with van der Waals surface area (Å²) in [5.41, 5.74) is 0.795. The Balaban J connectivity index is 1.58. The van der Waals surface area contributed by atoms with Gasteiger partial charge in [0.2, 0.25) is 5.91 Å². The predicted molar refractivity (Wildman–Crippen MR) is 128 cm³/mol. The highest BCUT2D eigenvalue weighted by Crippen LogP contribution is 2.34. The van der Waals surface area contributed by atoms with Crippen molar-refractivity contribution in [2.24, 2.45) is 4.99 Å². The van der Waals surface area contributed by atoms with Crippen LogP contribution in [0.1, 0.15) is 10.6 Å². The zero-order valence-corrected chi connectivity index (χ0v) is 19.4. The number of aromatic nitrogens is 1. The zero-order chi connectivity index (χ0) is 22.7. The highest BCUT2D eigenvalue weighted by atomic mass is 35.5. The third kappa shape index (κ3) is 4.87. The van der Waals surface area contributed by atoms with E-state index in [4.69, 9.17) is 20.9 Å². The average Bonchev–Trinajstić information content (AvgIpc) is 3.49. The van der Waals surface area contributed by atoms with Gasteiger partial charge in [0.15, 0.2) is 11.0 Å². The minimum absolute atomic E-state index is 0.0185. The van der Waals surface area contributed by atoms with Gasteiger partial charge in [-0.3, -0.25) is 14.5 Å². The molecule has 0 bridgehead atoms. The fraction of sp³-hybridized carbons (Fsp3) is 0.143. The van der Waals surface area contributed by atoms with Crippen LogP contribution in [0.15, 0.2) is 57.0 Å². The first-order chi connectivity index (χ1) is 15.4. The summed E-state index contributed by atoms with van der Waals surface area (Å²) in [6, 6.07) is 10.4. The summed E-state index contributed by atoms with van der Waals surface area (Å²) in [6.07, 6.45) is 1.72. The Kier molecular flexibility index (Phi) is 6.63. The van der Waals surface area contributed by atoms with Crippen molar-refractivity contribution in [3.63, 3.8) is 0 Å². The van der Waals surface area contributed by atoms with Crippen LogP contribution in [0, 0.1) is 6.92 Å². The third-order valence-electron chi connectivity index (χ3n) is 4.27. The first-order valence-electron chi connectivity index (χ1n) is 9.32. The SMILES string of the molecule is COc1ccc(N2C(=O)/C(=C/c3cccs3)N=C2SCC(=O)Nc2cc(C)on2)cc1Cl. The number of thiophene rings is 1. The van der Waals surface area contributed by atoms with Gasteiger partial charge in [-0.15, -0.1) is 11.3 Å². The summed E-state index contributed by atoms with van der Waals surface area (Å²) in [5, 5.41) is 9.04. The molecule has 1 aromatic carbocycles. The summed E-state index contributed by atoms with van der Waals surface area (Å²) in [4.78, 5) is 32.4. The van der Waals surface area contributed by atoms with Gasteiger partial charge in [0.25, 0.3) is 5.91 Å². The van der Waals surface area contributed by atoms with Gasteiger partial charge in [-0.2, -0.15) is 0 Å². The maximum Gasteiger partial charge on any atom is 0.283 e. The summed E-state index contributed by atoms with van der Waals surface area (Å²) >= 11 is 8.90. The van der Waals surface area contributed by atoms with E-state index >= 15 is 0 Å². The highest BCUT2D eigenvalue weighted by molar-refractivity contribution is 8.14. The van der Waals surface area contributed by atoms with E-state index in [1.54, 1.807) is 37.3 Å². The van der Waals surface area contributed by atoms with Crippen LogP contribution in [0.5, 0.6) is 5.75 Å². The molecule has 0 atom stereocenters. The van der Waals surface area contributed by atoms with E-state index in [0.29, 0.717) is 33.2 Å². The Morgan fingerprint density at radius 2 is 2.22 bits per heavy atom. The third-order valence-corrected chi connectivity index (χ3v) is 6.33. The molecule has 11 heteroatoms. The number of carbonyl (C=O) groups is 2. The van der Waals surface area contributed by atoms with E-state index < -0.39 is 0 Å². The molecule has 0 unspecified atom stereocenters. The number of nitrogens with one attached hydrogen (secondary N) is 1. The lowest BCUT2D eigenvalue weighted by Crippen LogP contribution is -2.31. The van der Waals surface area contributed by atoms with Gasteiger partial charge in [-0.1, -0.05) is 34.6 Å². The Morgan fingerprint density at radius 3 is 2.88 bits per heavy atom. The molecule has 0 saturated heterocycles. The second kappa shape index (κ2) is 9.60. The van der Waals surface area contributed by atoms with E-state index in [1.165, 1.54) is 23.3 Å². The van der Waals surface area contributed by atoms with Crippen LogP contribution in [0.3, 0.4) is 0 Å². The van der Waals surface area contributed by atoms with Gasteiger partial charge in [0, 0.05) is 10.9 Å². The summed E-state index contributed by atoms with van der Waals surface area (Å²) in [7, 11) is 1.52. The number of thioether (sulfide) groups is 1. The minimum Gasteiger partial charge on any atom is -0.495 e. The monoisotopic (exact) mass is 488 g/mol. The number of nitrogens with zero attached hydrogens (tertiary/aromatic N) is 3. The number of aryl methyl sites for hydroxylation is 1. The Morgan fingerprint density at radius 1 is 1.38 bits per heavy atom. The van der Waals surface area contributed by atoms with Crippen LogP contribution in [-0.2, 0) is 9.59 Å². The molecule has 32 heavy (non-hydrogen) atoms. The van der Waals surface area contributed by atoms with Crippen LogP contribution < -0.4 is 15.0 Å². The summed E-state index contributed by atoms with van der Waals surface area (Å²) in [5.74, 6) is 0.811. The lowest BCUT2D eigenvalue weighted by Gasteiger charge is -2.18. The molecular weight excluding hydrogens is 472 g/mol. The lowest BCUT2D eigenvalue weighted by atomic mass is 10.2. The molecular formula is C21H17ClN4O4S2. The maximum absolute atomic E-state index is 13.2. The molecule has 1 N–H and O–H groups in total. The van der Waals surface area contributed by atoms with Crippen LogP contribution in [0.2, 0.25) is 5.02 Å². The number of aliphatic imine (C=N–C) groups is 1. The normalized spacial score (nSPS) is 14.7. The number of hydrogen-bond acceptors (Lipinski definition) is 8. The van der Waals surface area contributed by atoms with Gasteiger partial charge < -0.3 is 14.6 Å². The van der Waals surface area contributed by atoms with Crippen LogP contribution >= 0.6 is 34.7 Å². The van der Waals surface area contributed by atoms with E-state index in [2.05, 4.69) is 15.5 Å². The highest BCUT2D eigenvalue weighted by Gasteiger charge is 2.33. The van der Waals surface area contributed by atoms with E-state index in [1.807, 2.05) is 17.5 Å². The molecule has 0 spiro atoms. The fourth-order valence-electron chi connectivity index (χ4n) is 2.86. The van der Waals surface area contributed by atoms with E-state index in [-0.39, 0.29) is 23.3 Å². The van der Waals surface area contributed by atoms with Gasteiger partial charge in [0.1, 0.15) is 17.2 Å². The van der Waals surface area contributed by atoms with Crippen molar-refractivity contribution in [2.45, 2.75) is 6.92 Å². The topological polar surface area (TPSA) is 97.0 Å². The number of benzene rings is 1. The largest absolute Gasteiger partial charge is 0.495 e. The van der Waals surface area contributed by atoms with E-state index in [9.17, 15) is 9.59 Å². The molecule has 1 aliphatic heterocycles. The molecule has 4 rings (SSSR count). The first kappa shape index (κ1) is 22.1. The first-order valence-corrected chi connectivity index (χ1v) is 11.6. The Bertz CT molecular complexity index is 1220. The smallest absolute Gasteiger partial charge is 0.283 e. The molecule has 0 radical (unpaired) electrons. The number of amidine groups is 1. The van der Waals surface area contributed by atoms with Gasteiger partial charge in [0.05, 0.1) is 23.6 Å². The molecule has 0 fully saturated rings. The van der Waals surface area contributed by atoms with Crippen molar-refractivity contribution in [3.8, 4) is 5.75 Å². The number of ether oxygens (including phenoxy) is 1. The molecule has 164 valence electrons. The molecule has 3 heterocycles. The van der Waals surface area contributed by atoms with Gasteiger partial charge in [-0.25, -0.2) is 4.99 Å². The molecule has 8 nitrogen and oxygen atoms in total. The fourth-order valence-corrected chi connectivity index (χ4v) is 4.57. The molecule has 1 aliphatic rings. The predicted octanol–water partition coefficient (Wildman–Crippen LogP) is 4.82. The standard InChI is InChI=1S/C21H17ClN4O4S2/c1-12-8-18(25-30-12)24-19(27)11-32-21-23-16(10-14-4-3-7-31-14)20(28)26(21)13-5-6-17(29-2)15(22)9-13/h3-10H,11H2,1-2H3,(H,24,25,27)/b16-10-. The number of halogens is 1. The lowest BCUT2D eigenvalue weighted by molar-refractivity contribution is -0.114. The van der Waals surface area contributed by atoms with Crippen molar-refractivity contribution in [2.75, 3.05) is 23.1 Å². The number of anilines is 2. The minimum atomic E-state index is -0.310. The number of carbonyl (C=O) groups excluding carboxylic acids is 2. The molecule has 0 aliphatic carbocycles. The average molecular weight is 489 g/mol. The second-order valence-electron chi connectivity index (χ2n) is 6.56. The number of methoxy groups -OCH3 is 1. The zero-order valence-electron chi connectivity index (χ0n) is 17.0. The summed E-state index contributed by atoms with van der Waals surface area (Å²) in [6.45, 7) is 1.73. The van der Waals surface area contributed by atoms with Crippen molar-refractivity contribution >= 4 is 69.3 Å². The Labute approximate surface area is 196 Å². The quantitative estimate of drug-likeness (QED) is 0.499. The van der Waals surface area contributed by atoms with Crippen molar-refractivity contribution in [1.29, 1.82) is 0 Å². The van der Waals surface area contributed by atoms with Crippen molar-refractivity contribution in [1.82, 2.24) is 5.16 Å². The number of hydrogen-bond donors (Lipinski definition) is 1. The second-order valence-corrected chi connectivity index (χ2v) is 8.89. The molecule has 3 aromatic rings. The summed E-state index contributed by atoms with van der Waals surface area (Å²) < 4.78 is 10.1. The van der Waals surface area contributed by atoms with E-state index in [0.717, 1.165) is 16.6 Å². The Hall–Kier alpha value is -3.08. The van der Waals surface area contributed by atoms with Crippen molar-refractivity contribution in [3.05, 3.63) is 63.1 Å². The van der Waals surface area contributed by atoms with Crippen LogP contribution in [0.4, 0.5) is 11.5 Å². The molecule has 2 amide bonds. The van der Waals surface area contributed by atoms with Gasteiger partial charge >= 0.3 is 0 Å². The molecule has 2 aromatic heterocycles. The van der Waals surface area contributed by atoms with Crippen molar-refractivity contribution < 1.29 is 18.8 Å². The number of amides is 2. The van der Waals surface area contributed by atoms with Crippen LogP contribution in [-0.4, -0.2) is 35.0 Å².